The largest absolute Gasteiger partial charge is 0.573 e. The highest BCUT2D eigenvalue weighted by Gasteiger charge is 2.32. The van der Waals surface area contributed by atoms with Gasteiger partial charge in [-0.05, 0) is 34.7 Å². The van der Waals surface area contributed by atoms with Gasteiger partial charge in [-0.2, -0.15) is 0 Å². The number of rotatable bonds is 3. The van der Waals surface area contributed by atoms with Crippen molar-refractivity contribution in [2.45, 2.75) is 6.36 Å². The van der Waals surface area contributed by atoms with E-state index in [0.717, 1.165) is 3.57 Å². The molecule has 2 rings (SSSR count). The van der Waals surface area contributed by atoms with E-state index in [1.807, 2.05) is 22.6 Å². The van der Waals surface area contributed by atoms with Crippen molar-refractivity contribution in [3.05, 3.63) is 40.2 Å². The van der Waals surface area contributed by atoms with Crippen LogP contribution in [0.1, 0.15) is 0 Å². The maximum absolute atomic E-state index is 12.2. The van der Waals surface area contributed by atoms with Crippen molar-refractivity contribution in [1.29, 1.82) is 0 Å². The zero-order chi connectivity index (χ0) is 13.9. The quantitative estimate of drug-likeness (QED) is 0.824. The van der Waals surface area contributed by atoms with Crippen LogP contribution in [0.5, 0.6) is 5.75 Å². The number of benzene rings is 1. The molecule has 0 saturated carbocycles. The lowest BCUT2D eigenvalue weighted by Gasteiger charge is -2.13. The number of hydrogen-bond donors (Lipinski definition) is 1. The normalized spacial score (nSPS) is 11.2. The van der Waals surface area contributed by atoms with E-state index in [-0.39, 0.29) is 17.4 Å². The van der Waals surface area contributed by atoms with Crippen LogP contribution in [0.3, 0.4) is 0 Å². The SMILES string of the molecule is FC(F)(F)Oc1ccccc1Nc1ncc(I)cn1. The average Bonchev–Trinajstić information content (AvgIpc) is 2.33. The van der Waals surface area contributed by atoms with Gasteiger partial charge in [0.2, 0.25) is 5.95 Å². The molecule has 2 aromatic rings. The molecule has 0 aliphatic carbocycles. The highest BCUT2D eigenvalue weighted by Crippen LogP contribution is 2.31. The number of ether oxygens (including phenoxy) is 1. The second-order valence-corrected chi connectivity index (χ2v) is 4.64. The van der Waals surface area contributed by atoms with Crippen LogP contribution in [-0.2, 0) is 0 Å². The highest BCUT2D eigenvalue weighted by molar-refractivity contribution is 14.1. The number of alkyl halides is 3. The molecule has 4 nitrogen and oxygen atoms in total. The van der Waals surface area contributed by atoms with Crippen molar-refractivity contribution in [1.82, 2.24) is 9.97 Å². The van der Waals surface area contributed by atoms with E-state index >= 15 is 0 Å². The maximum atomic E-state index is 12.2. The smallest absolute Gasteiger partial charge is 0.404 e. The number of aromatic nitrogens is 2. The van der Waals surface area contributed by atoms with Gasteiger partial charge >= 0.3 is 6.36 Å². The predicted octanol–water partition coefficient (Wildman–Crippen LogP) is 3.72. The van der Waals surface area contributed by atoms with Crippen molar-refractivity contribution in [3.63, 3.8) is 0 Å². The van der Waals surface area contributed by atoms with Crippen LogP contribution in [0.15, 0.2) is 36.7 Å². The van der Waals surface area contributed by atoms with Crippen LogP contribution < -0.4 is 10.1 Å². The third-order valence-corrected chi connectivity index (χ3v) is 2.54. The second kappa shape index (κ2) is 5.59. The first kappa shape index (κ1) is 13.8. The van der Waals surface area contributed by atoms with Gasteiger partial charge in [-0.1, -0.05) is 12.1 Å². The van der Waals surface area contributed by atoms with E-state index < -0.39 is 6.36 Å². The zero-order valence-electron chi connectivity index (χ0n) is 9.28. The summed E-state index contributed by atoms with van der Waals surface area (Å²) in [6, 6.07) is 5.68. The molecule has 0 saturated heterocycles. The van der Waals surface area contributed by atoms with Crippen molar-refractivity contribution in [3.8, 4) is 5.75 Å². The molecular weight excluding hydrogens is 374 g/mol. The summed E-state index contributed by atoms with van der Waals surface area (Å²) in [4.78, 5) is 7.89. The number of para-hydroxylation sites is 2. The number of nitrogens with one attached hydrogen (secondary N) is 1. The van der Waals surface area contributed by atoms with Crippen LogP contribution >= 0.6 is 22.6 Å². The fraction of sp³-hybridized carbons (Fsp3) is 0.0909. The molecule has 1 aromatic carbocycles. The molecule has 8 heteroatoms. The first-order valence-corrected chi connectivity index (χ1v) is 6.11. The van der Waals surface area contributed by atoms with Crippen LogP contribution in [-0.4, -0.2) is 16.3 Å². The summed E-state index contributed by atoms with van der Waals surface area (Å²) in [6.45, 7) is 0. The molecule has 1 N–H and O–H groups in total. The molecular formula is C11H7F3IN3O. The van der Waals surface area contributed by atoms with Crippen molar-refractivity contribution >= 4 is 34.2 Å². The van der Waals surface area contributed by atoms with Crippen molar-refractivity contribution in [2.24, 2.45) is 0 Å². The lowest BCUT2D eigenvalue weighted by Crippen LogP contribution is -2.18. The van der Waals surface area contributed by atoms with Gasteiger partial charge in [0.15, 0.2) is 5.75 Å². The van der Waals surface area contributed by atoms with Crippen LogP contribution in [0, 0.1) is 3.57 Å². The summed E-state index contributed by atoms with van der Waals surface area (Å²) in [5.74, 6) is -0.143. The Hall–Kier alpha value is -1.58. The molecule has 0 unspecified atom stereocenters. The second-order valence-electron chi connectivity index (χ2n) is 3.39. The number of nitrogens with zero attached hydrogens (tertiary/aromatic N) is 2. The Labute approximate surface area is 120 Å². The summed E-state index contributed by atoms with van der Waals surface area (Å²) >= 11 is 2.03. The molecule has 0 aliphatic heterocycles. The van der Waals surface area contributed by atoms with Crippen LogP contribution in [0.4, 0.5) is 24.8 Å². The number of anilines is 2. The van der Waals surface area contributed by atoms with Crippen molar-refractivity contribution in [2.75, 3.05) is 5.32 Å². The van der Waals surface area contributed by atoms with Crippen molar-refractivity contribution < 1.29 is 17.9 Å². The Bertz CT molecular complexity index is 560. The minimum atomic E-state index is -4.75. The third-order valence-electron chi connectivity index (χ3n) is 1.98. The fourth-order valence-corrected chi connectivity index (χ4v) is 1.56. The molecule has 0 fully saturated rings. The van der Waals surface area contributed by atoms with Gasteiger partial charge in [0, 0.05) is 16.0 Å². The summed E-state index contributed by atoms with van der Waals surface area (Å²) < 4.78 is 41.4. The molecule has 0 atom stereocenters. The first-order chi connectivity index (χ1) is 8.94. The van der Waals surface area contributed by atoms with E-state index in [4.69, 9.17) is 0 Å². The molecule has 0 bridgehead atoms. The lowest BCUT2D eigenvalue weighted by atomic mass is 10.3. The Morgan fingerprint density at radius 3 is 2.37 bits per heavy atom. The third kappa shape index (κ3) is 4.23. The number of hydrogen-bond acceptors (Lipinski definition) is 4. The average molecular weight is 381 g/mol. The van der Waals surface area contributed by atoms with Gasteiger partial charge in [-0.25, -0.2) is 9.97 Å². The van der Waals surface area contributed by atoms with E-state index in [2.05, 4.69) is 20.0 Å². The molecule has 0 spiro atoms. The van der Waals surface area contributed by atoms with Gasteiger partial charge in [0.1, 0.15) is 0 Å². The fourth-order valence-electron chi connectivity index (χ4n) is 1.28. The molecule has 0 radical (unpaired) electrons. The van der Waals surface area contributed by atoms with Gasteiger partial charge in [-0.15, -0.1) is 13.2 Å². The van der Waals surface area contributed by atoms with Crippen LogP contribution in [0.25, 0.3) is 0 Å². The molecule has 0 amide bonds. The topological polar surface area (TPSA) is 47.0 Å². The Balaban J connectivity index is 2.22. The summed E-state index contributed by atoms with van der Waals surface area (Å²) in [6.07, 6.45) is -1.66. The van der Waals surface area contributed by atoms with Gasteiger partial charge in [-0.3, -0.25) is 0 Å². The minimum absolute atomic E-state index is 0.140. The molecule has 1 heterocycles. The Morgan fingerprint density at radius 1 is 1.11 bits per heavy atom. The summed E-state index contributed by atoms with van der Waals surface area (Å²) in [5.41, 5.74) is 0.140. The van der Waals surface area contributed by atoms with Gasteiger partial charge < -0.3 is 10.1 Å². The summed E-state index contributed by atoms with van der Waals surface area (Å²) in [7, 11) is 0. The Kier molecular flexibility index (Phi) is 4.08. The van der Waals surface area contributed by atoms with Crippen LogP contribution in [0.2, 0.25) is 0 Å². The lowest BCUT2D eigenvalue weighted by molar-refractivity contribution is -0.274. The van der Waals surface area contributed by atoms with E-state index in [9.17, 15) is 13.2 Å². The molecule has 100 valence electrons. The standard InChI is InChI=1S/C11H7F3IN3O/c12-11(13,14)19-9-4-2-1-3-8(9)18-10-16-5-7(15)6-17-10/h1-6H,(H,16,17,18). The first-order valence-electron chi connectivity index (χ1n) is 5.03. The van der Waals surface area contributed by atoms with E-state index in [1.54, 1.807) is 18.5 Å². The Morgan fingerprint density at radius 2 is 1.74 bits per heavy atom. The minimum Gasteiger partial charge on any atom is -0.404 e. The zero-order valence-corrected chi connectivity index (χ0v) is 11.4. The van der Waals surface area contributed by atoms with Gasteiger partial charge in [0.05, 0.1) is 5.69 Å². The van der Waals surface area contributed by atoms with E-state index in [0.29, 0.717) is 0 Å². The predicted molar refractivity (Wildman–Crippen MR) is 71.2 cm³/mol. The monoisotopic (exact) mass is 381 g/mol. The summed E-state index contributed by atoms with van der Waals surface area (Å²) in [5, 5.41) is 2.67. The molecule has 19 heavy (non-hydrogen) atoms. The highest BCUT2D eigenvalue weighted by atomic mass is 127. The van der Waals surface area contributed by atoms with Gasteiger partial charge in [0.25, 0.3) is 0 Å². The molecule has 1 aromatic heterocycles. The number of halogens is 4. The van der Waals surface area contributed by atoms with E-state index in [1.165, 1.54) is 18.2 Å². The molecule has 0 aliphatic rings. The maximum Gasteiger partial charge on any atom is 0.573 e.